The summed E-state index contributed by atoms with van der Waals surface area (Å²) in [6.07, 6.45) is 12.9. The number of aryl methyl sites for hydroxylation is 1. The number of fused-ring (bicyclic) bond motifs is 3. The average molecular weight is 527 g/mol. The van der Waals surface area contributed by atoms with Gasteiger partial charge in [0.2, 0.25) is 0 Å². The van der Waals surface area contributed by atoms with Crippen molar-refractivity contribution in [2.24, 2.45) is 12.0 Å². The van der Waals surface area contributed by atoms with Gasteiger partial charge in [0.1, 0.15) is 5.82 Å². The molecule has 7 heterocycles. The normalized spacial score (nSPS) is 18.6. The second kappa shape index (κ2) is 10.1. The van der Waals surface area contributed by atoms with E-state index < -0.39 is 0 Å². The first kappa shape index (κ1) is 24.3. The van der Waals surface area contributed by atoms with Crippen LogP contribution in [0.2, 0.25) is 0 Å². The average Bonchev–Trinajstić information content (AvgIpc) is 3.62. The topological polar surface area (TPSA) is 66.8 Å². The van der Waals surface area contributed by atoms with E-state index in [-0.39, 0.29) is 0 Å². The fourth-order valence-electron chi connectivity index (χ4n) is 5.95. The zero-order chi connectivity index (χ0) is 27.1. The van der Waals surface area contributed by atoms with Gasteiger partial charge < -0.3 is 4.90 Å². The summed E-state index contributed by atoms with van der Waals surface area (Å²) in [6, 6.07) is 17.8. The Morgan fingerprint density at radius 1 is 0.950 bits per heavy atom. The highest BCUT2D eigenvalue weighted by Gasteiger charge is 2.44. The molecule has 4 aromatic heterocycles. The summed E-state index contributed by atoms with van der Waals surface area (Å²) in [4.78, 5) is 14.1. The van der Waals surface area contributed by atoms with E-state index in [1.807, 2.05) is 71.6 Å². The van der Waals surface area contributed by atoms with Crippen LogP contribution in [0.4, 0.5) is 5.82 Å². The molecular formula is C32H30N8. The molecule has 0 saturated carbocycles. The van der Waals surface area contributed by atoms with E-state index in [1.54, 1.807) is 7.05 Å². The van der Waals surface area contributed by atoms with E-state index in [0.717, 1.165) is 64.3 Å². The van der Waals surface area contributed by atoms with Crippen molar-refractivity contribution in [1.82, 2.24) is 29.3 Å². The summed E-state index contributed by atoms with van der Waals surface area (Å²) < 4.78 is 3.74. The first-order valence-corrected chi connectivity index (χ1v) is 13.6. The minimum absolute atomic E-state index is 0.531. The van der Waals surface area contributed by atoms with Gasteiger partial charge in [-0.3, -0.25) is 14.6 Å². The van der Waals surface area contributed by atoms with E-state index >= 15 is 0 Å². The van der Waals surface area contributed by atoms with Crippen molar-refractivity contribution < 1.29 is 0 Å². The quantitative estimate of drug-likeness (QED) is 0.254. The predicted octanol–water partition coefficient (Wildman–Crippen LogP) is 4.16. The zero-order valence-electron chi connectivity index (χ0n) is 22.6. The molecule has 0 radical (unpaired) electrons. The van der Waals surface area contributed by atoms with Crippen molar-refractivity contribution >= 4 is 17.5 Å². The van der Waals surface area contributed by atoms with Crippen LogP contribution >= 0.6 is 0 Å². The molecule has 2 atom stereocenters. The number of hydrogen-bond donors (Lipinski definition) is 0. The van der Waals surface area contributed by atoms with Crippen molar-refractivity contribution in [3.8, 4) is 34.1 Å². The molecule has 40 heavy (non-hydrogen) atoms. The predicted molar refractivity (Wildman–Crippen MR) is 159 cm³/mol. The third-order valence-corrected chi connectivity index (χ3v) is 7.94. The number of piperazine rings is 1. The van der Waals surface area contributed by atoms with Gasteiger partial charge in [0.05, 0.1) is 24.5 Å². The third kappa shape index (κ3) is 4.44. The van der Waals surface area contributed by atoms with E-state index in [0.29, 0.717) is 12.1 Å². The number of nitrogens with zero attached hydrogens (tertiary/aromatic N) is 8. The van der Waals surface area contributed by atoms with Crippen LogP contribution in [0.1, 0.15) is 17.5 Å². The SMILES string of the molecule is C/N=C\c1cnn2cc(-c3cnn(C)c3)cc(-c3ccc(N4CC5CC(C4)N5CC#Cc4ccccc4)nc3)c12. The first-order chi connectivity index (χ1) is 19.7. The Kier molecular flexibility index (Phi) is 6.14. The van der Waals surface area contributed by atoms with Gasteiger partial charge in [-0.2, -0.15) is 10.2 Å². The van der Waals surface area contributed by atoms with E-state index in [2.05, 4.69) is 67.2 Å². The van der Waals surface area contributed by atoms with E-state index in [9.17, 15) is 0 Å². The second-order valence-corrected chi connectivity index (χ2v) is 10.5. The largest absolute Gasteiger partial charge is 0.353 e. The summed E-state index contributed by atoms with van der Waals surface area (Å²) >= 11 is 0. The molecule has 3 aliphatic heterocycles. The maximum atomic E-state index is 4.93. The minimum Gasteiger partial charge on any atom is -0.353 e. The summed E-state index contributed by atoms with van der Waals surface area (Å²) in [5.41, 5.74) is 7.28. The molecule has 3 aliphatic rings. The van der Waals surface area contributed by atoms with Crippen molar-refractivity contribution in [2.75, 3.05) is 31.6 Å². The first-order valence-electron chi connectivity index (χ1n) is 13.6. The second-order valence-electron chi connectivity index (χ2n) is 10.5. The van der Waals surface area contributed by atoms with Gasteiger partial charge in [0, 0.05) is 97.5 Å². The van der Waals surface area contributed by atoms with Crippen molar-refractivity contribution in [1.29, 1.82) is 0 Å². The molecule has 3 fully saturated rings. The molecule has 0 spiro atoms. The number of piperidine rings is 1. The Bertz CT molecular complexity index is 1740. The molecule has 0 N–H and O–H groups in total. The molecule has 5 aromatic rings. The summed E-state index contributed by atoms with van der Waals surface area (Å²) in [5, 5.41) is 8.98. The highest BCUT2D eigenvalue weighted by molar-refractivity contribution is 5.97. The molecule has 0 amide bonds. The fraction of sp³-hybridized carbons (Fsp3) is 0.250. The maximum absolute atomic E-state index is 4.93. The lowest BCUT2D eigenvalue weighted by molar-refractivity contribution is 0.0125. The highest BCUT2D eigenvalue weighted by atomic mass is 15.4. The maximum Gasteiger partial charge on any atom is 0.128 e. The van der Waals surface area contributed by atoms with Gasteiger partial charge in [0.25, 0.3) is 0 Å². The number of hydrogen-bond acceptors (Lipinski definition) is 6. The van der Waals surface area contributed by atoms with Gasteiger partial charge in [-0.05, 0) is 36.8 Å². The van der Waals surface area contributed by atoms with Gasteiger partial charge in [0.15, 0.2) is 0 Å². The van der Waals surface area contributed by atoms with Gasteiger partial charge >= 0.3 is 0 Å². The van der Waals surface area contributed by atoms with Crippen molar-refractivity contribution in [3.05, 3.63) is 90.6 Å². The third-order valence-electron chi connectivity index (χ3n) is 7.94. The Morgan fingerprint density at radius 2 is 1.80 bits per heavy atom. The number of anilines is 1. The van der Waals surface area contributed by atoms with Crippen LogP contribution in [-0.4, -0.2) is 74.3 Å². The molecule has 1 aromatic carbocycles. The molecule has 8 heteroatoms. The lowest BCUT2D eigenvalue weighted by Crippen LogP contribution is -2.68. The molecule has 8 rings (SSSR count). The van der Waals surface area contributed by atoms with E-state index in [1.165, 1.54) is 6.42 Å². The summed E-state index contributed by atoms with van der Waals surface area (Å²) in [6.45, 7) is 2.79. The molecule has 198 valence electrons. The Balaban J connectivity index is 1.12. The summed E-state index contributed by atoms with van der Waals surface area (Å²) in [7, 11) is 3.71. The molecular weight excluding hydrogens is 496 g/mol. The van der Waals surface area contributed by atoms with Crippen LogP contribution < -0.4 is 4.90 Å². The van der Waals surface area contributed by atoms with Gasteiger partial charge in [-0.25, -0.2) is 9.50 Å². The number of aromatic nitrogens is 5. The van der Waals surface area contributed by atoms with E-state index in [4.69, 9.17) is 4.98 Å². The standard InChI is InChI=1S/C32H30N8/c1-33-15-26-17-36-40-20-25(27-18-35-37(2)19-27)13-30(32(26)40)24-10-11-31(34-16-24)38-21-28-14-29(22-38)39(28)12-6-9-23-7-4-3-5-8-23/h3-5,7-8,10-11,13,15-20,28-29H,12,14,21-22H2,1-2H3/b33-15-. The zero-order valence-corrected chi connectivity index (χ0v) is 22.6. The number of pyridine rings is 2. The van der Waals surface area contributed by atoms with Crippen LogP contribution in [0.5, 0.6) is 0 Å². The monoisotopic (exact) mass is 526 g/mol. The Labute approximate surface area is 233 Å². The van der Waals surface area contributed by atoms with Gasteiger partial charge in [-0.15, -0.1) is 0 Å². The smallest absolute Gasteiger partial charge is 0.128 e. The number of rotatable bonds is 5. The molecule has 8 nitrogen and oxygen atoms in total. The van der Waals surface area contributed by atoms with Crippen LogP contribution in [-0.2, 0) is 7.05 Å². The Hall–Kier alpha value is -4.74. The number of aliphatic imine (C=N–C) groups is 1. The van der Waals surface area contributed by atoms with Crippen molar-refractivity contribution in [2.45, 2.75) is 18.5 Å². The van der Waals surface area contributed by atoms with Crippen molar-refractivity contribution in [3.63, 3.8) is 0 Å². The molecule has 0 aliphatic carbocycles. The lowest BCUT2D eigenvalue weighted by Gasteiger charge is -2.56. The fourth-order valence-corrected chi connectivity index (χ4v) is 5.95. The van der Waals surface area contributed by atoms with Crippen LogP contribution in [0.25, 0.3) is 27.8 Å². The molecule has 3 saturated heterocycles. The molecule has 2 bridgehead atoms. The highest BCUT2D eigenvalue weighted by Crippen LogP contribution is 2.35. The minimum atomic E-state index is 0.531. The van der Waals surface area contributed by atoms with Crippen LogP contribution in [0, 0.1) is 11.8 Å². The van der Waals surface area contributed by atoms with Crippen LogP contribution in [0.3, 0.4) is 0 Å². The Morgan fingerprint density at radius 3 is 2.52 bits per heavy atom. The lowest BCUT2D eigenvalue weighted by atomic mass is 9.87. The van der Waals surface area contributed by atoms with Gasteiger partial charge in [-0.1, -0.05) is 30.0 Å². The number of benzene rings is 1. The van der Waals surface area contributed by atoms with Crippen LogP contribution in [0.15, 0.2) is 84.5 Å². The summed E-state index contributed by atoms with van der Waals surface area (Å²) in [5.74, 6) is 7.70. The molecule has 2 unspecified atom stereocenters.